The van der Waals surface area contributed by atoms with Gasteiger partial charge in [-0.05, 0) is 43.0 Å². The first-order valence-corrected chi connectivity index (χ1v) is 8.29. The van der Waals surface area contributed by atoms with Gasteiger partial charge in [0.15, 0.2) is 0 Å². The van der Waals surface area contributed by atoms with Crippen LogP contribution in [0.25, 0.3) is 0 Å². The molecule has 2 aromatic rings. The highest BCUT2D eigenvalue weighted by molar-refractivity contribution is 6.31. The van der Waals surface area contributed by atoms with Crippen molar-refractivity contribution in [2.75, 3.05) is 5.32 Å². The maximum atomic E-state index is 12.5. The third-order valence-electron chi connectivity index (χ3n) is 4.34. The number of benzene rings is 2. The van der Waals surface area contributed by atoms with Crippen molar-refractivity contribution < 1.29 is 9.59 Å². The second kappa shape index (κ2) is 6.65. The van der Waals surface area contributed by atoms with Crippen molar-refractivity contribution in [3.8, 4) is 0 Å². The second-order valence-corrected chi connectivity index (χ2v) is 6.58. The fourth-order valence-corrected chi connectivity index (χ4v) is 2.73. The maximum Gasteiger partial charge on any atom is 0.240 e. The fourth-order valence-electron chi connectivity index (χ4n) is 2.55. The number of halogens is 1. The normalized spacial score (nSPS) is 14.8. The van der Waals surface area contributed by atoms with Gasteiger partial charge >= 0.3 is 0 Å². The summed E-state index contributed by atoms with van der Waals surface area (Å²) < 4.78 is 0. The molecule has 0 heterocycles. The molecule has 0 aromatic heterocycles. The van der Waals surface area contributed by atoms with E-state index in [0.717, 1.165) is 11.1 Å². The van der Waals surface area contributed by atoms with Gasteiger partial charge in [-0.2, -0.15) is 0 Å². The van der Waals surface area contributed by atoms with Crippen molar-refractivity contribution >= 4 is 29.1 Å². The van der Waals surface area contributed by atoms with E-state index in [-0.39, 0.29) is 11.8 Å². The van der Waals surface area contributed by atoms with Gasteiger partial charge < -0.3 is 10.6 Å². The standard InChI is InChI=1S/C19H19ClN2O2/c1-13-7-8-15(11-16(13)20)22-18(24)19(9-10-19)17(23)21-12-14-5-3-2-4-6-14/h2-8,11H,9-10,12H2,1H3,(H,21,23)(H,22,24). The van der Waals surface area contributed by atoms with Crippen molar-refractivity contribution in [2.24, 2.45) is 5.41 Å². The van der Waals surface area contributed by atoms with Crippen molar-refractivity contribution in [2.45, 2.75) is 26.3 Å². The van der Waals surface area contributed by atoms with Crippen LogP contribution in [0, 0.1) is 12.3 Å². The Morgan fingerprint density at radius 2 is 1.79 bits per heavy atom. The van der Waals surface area contributed by atoms with Gasteiger partial charge in [-0.3, -0.25) is 9.59 Å². The van der Waals surface area contributed by atoms with Crippen LogP contribution in [-0.2, 0) is 16.1 Å². The van der Waals surface area contributed by atoms with Crippen molar-refractivity contribution in [1.82, 2.24) is 5.32 Å². The van der Waals surface area contributed by atoms with Crippen LogP contribution < -0.4 is 10.6 Å². The lowest BCUT2D eigenvalue weighted by Crippen LogP contribution is -2.39. The molecule has 124 valence electrons. The molecule has 2 amide bonds. The lowest BCUT2D eigenvalue weighted by Gasteiger charge is -2.16. The number of carbonyl (C=O) groups excluding carboxylic acids is 2. The number of anilines is 1. The summed E-state index contributed by atoms with van der Waals surface area (Å²) in [4.78, 5) is 25.0. The van der Waals surface area contributed by atoms with E-state index in [4.69, 9.17) is 11.6 Å². The molecule has 1 aliphatic rings. The summed E-state index contributed by atoms with van der Waals surface area (Å²) in [7, 11) is 0. The lowest BCUT2D eigenvalue weighted by molar-refractivity contribution is -0.134. The summed E-state index contributed by atoms with van der Waals surface area (Å²) in [6, 6.07) is 15.0. The highest BCUT2D eigenvalue weighted by Gasteiger charge is 2.56. The van der Waals surface area contributed by atoms with E-state index in [9.17, 15) is 9.59 Å². The first kappa shape index (κ1) is 16.5. The van der Waals surface area contributed by atoms with Gasteiger partial charge in [0.2, 0.25) is 11.8 Å². The molecule has 3 rings (SSSR count). The molecule has 0 atom stereocenters. The average Bonchev–Trinajstić information content (AvgIpc) is 3.39. The Balaban J connectivity index is 1.63. The largest absolute Gasteiger partial charge is 0.351 e. The molecule has 0 radical (unpaired) electrons. The van der Waals surface area contributed by atoms with Crippen molar-refractivity contribution in [3.63, 3.8) is 0 Å². The minimum atomic E-state index is -0.952. The van der Waals surface area contributed by atoms with E-state index in [1.807, 2.05) is 43.3 Å². The highest BCUT2D eigenvalue weighted by Crippen LogP contribution is 2.47. The fraction of sp³-hybridized carbons (Fsp3) is 0.263. The minimum absolute atomic E-state index is 0.220. The molecule has 1 saturated carbocycles. The quantitative estimate of drug-likeness (QED) is 0.814. The Labute approximate surface area is 146 Å². The number of nitrogens with one attached hydrogen (secondary N) is 2. The molecule has 1 fully saturated rings. The van der Waals surface area contributed by atoms with Gasteiger partial charge in [0.25, 0.3) is 0 Å². The Kier molecular flexibility index (Phi) is 4.58. The Morgan fingerprint density at radius 3 is 2.42 bits per heavy atom. The molecule has 1 aliphatic carbocycles. The summed E-state index contributed by atoms with van der Waals surface area (Å²) in [6.45, 7) is 2.32. The number of hydrogen-bond donors (Lipinski definition) is 2. The van der Waals surface area contributed by atoms with Gasteiger partial charge in [0.1, 0.15) is 5.41 Å². The van der Waals surface area contributed by atoms with Crippen LogP contribution in [0.1, 0.15) is 24.0 Å². The molecule has 0 unspecified atom stereocenters. The Bertz CT molecular complexity index is 770. The number of carbonyl (C=O) groups is 2. The SMILES string of the molecule is Cc1ccc(NC(=O)C2(C(=O)NCc3ccccc3)CC2)cc1Cl. The third kappa shape index (κ3) is 3.44. The van der Waals surface area contributed by atoms with Crippen LogP contribution in [0.5, 0.6) is 0 Å². The third-order valence-corrected chi connectivity index (χ3v) is 4.75. The van der Waals surface area contributed by atoms with Crippen LogP contribution in [-0.4, -0.2) is 11.8 Å². The van der Waals surface area contributed by atoms with Crippen LogP contribution in [0.2, 0.25) is 5.02 Å². The first-order chi connectivity index (χ1) is 11.5. The van der Waals surface area contributed by atoms with Gasteiger partial charge in [0.05, 0.1) is 0 Å². The molecular weight excluding hydrogens is 324 g/mol. The smallest absolute Gasteiger partial charge is 0.240 e. The van der Waals surface area contributed by atoms with Gasteiger partial charge in [0, 0.05) is 17.3 Å². The molecule has 0 saturated heterocycles. The van der Waals surface area contributed by atoms with Crippen molar-refractivity contribution in [1.29, 1.82) is 0 Å². The van der Waals surface area contributed by atoms with Gasteiger partial charge in [-0.1, -0.05) is 48.0 Å². The number of aryl methyl sites for hydroxylation is 1. The van der Waals surface area contributed by atoms with E-state index < -0.39 is 5.41 Å². The first-order valence-electron chi connectivity index (χ1n) is 7.91. The van der Waals surface area contributed by atoms with Gasteiger partial charge in [-0.25, -0.2) is 0 Å². The summed E-state index contributed by atoms with van der Waals surface area (Å²) in [5, 5.41) is 6.26. The maximum absolute atomic E-state index is 12.5. The van der Waals surface area contributed by atoms with Crippen LogP contribution in [0.4, 0.5) is 5.69 Å². The van der Waals surface area contributed by atoms with Crippen LogP contribution >= 0.6 is 11.6 Å². The van der Waals surface area contributed by atoms with Crippen LogP contribution in [0.3, 0.4) is 0 Å². The zero-order valence-corrected chi connectivity index (χ0v) is 14.2. The van der Waals surface area contributed by atoms with Crippen LogP contribution in [0.15, 0.2) is 48.5 Å². The second-order valence-electron chi connectivity index (χ2n) is 6.17. The van der Waals surface area contributed by atoms with E-state index >= 15 is 0 Å². The molecule has 4 nitrogen and oxygen atoms in total. The van der Waals surface area contributed by atoms with E-state index in [0.29, 0.717) is 30.1 Å². The molecule has 24 heavy (non-hydrogen) atoms. The molecule has 0 aliphatic heterocycles. The summed E-state index contributed by atoms with van der Waals surface area (Å²) in [5.41, 5.74) is 1.60. The molecule has 2 N–H and O–H groups in total. The monoisotopic (exact) mass is 342 g/mol. The topological polar surface area (TPSA) is 58.2 Å². The molecule has 5 heteroatoms. The molecular formula is C19H19ClN2O2. The zero-order valence-electron chi connectivity index (χ0n) is 13.4. The molecule has 0 spiro atoms. The van der Waals surface area contributed by atoms with Crippen molar-refractivity contribution in [3.05, 3.63) is 64.7 Å². The van der Waals surface area contributed by atoms with E-state index in [2.05, 4.69) is 10.6 Å². The minimum Gasteiger partial charge on any atom is -0.351 e. The molecule has 0 bridgehead atoms. The average molecular weight is 343 g/mol. The Morgan fingerprint density at radius 1 is 1.08 bits per heavy atom. The number of amides is 2. The van der Waals surface area contributed by atoms with Gasteiger partial charge in [-0.15, -0.1) is 0 Å². The molecule has 2 aromatic carbocycles. The van der Waals surface area contributed by atoms with E-state index in [1.165, 1.54) is 0 Å². The van der Waals surface area contributed by atoms with E-state index in [1.54, 1.807) is 12.1 Å². The summed E-state index contributed by atoms with van der Waals surface area (Å²) >= 11 is 6.08. The highest BCUT2D eigenvalue weighted by atomic mass is 35.5. The zero-order chi connectivity index (χ0) is 17.2. The summed E-state index contributed by atoms with van der Waals surface area (Å²) in [5.74, 6) is -0.491. The number of hydrogen-bond acceptors (Lipinski definition) is 2. The predicted octanol–water partition coefficient (Wildman–Crippen LogP) is 3.68. The predicted molar refractivity (Wildman–Crippen MR) is 94.8 cm³/mol. The Hall–Kier alpha value is -2.33. The number of rotatable bonds is 5. The lowest BCUT2D eigenvalue weighted by atomic mass is 10.0. The summed E-state index contributed by atoms with van der Waals surface area (Å²) in [6.07, 6.45) is 1.14.